The quantitative estimate of drug-likeness (QED) is 0.904. The summed E-state index contributed by atoms with van der Waals surface area (Å²) in [4.78, 5) is 18.4. The van der Waals surface area contributed by atoms with Gasteiger partial charge in [-0.05, 0) is 51.5 Å². The Kier molecular flexibility index (Phi) is 3.87. The van der Waals surface area contributed by atoms with E-state index in [1.165, 1.54) is 38.5 Å². The highest BCUT2D eigenvalue weighted by Crippen LogP contribution is 2.39. The summed E-state index contributed by atoms with van der Waals surface area (Å²) in [5.74, 6) is -0.115. The summed E-state index contributed by atoms with van der Waals surface area (Å²) < 4.78 is 0. The van der Waals surface area contributed by atoms with Crippen LogP contribution in [-0.4, -0.2) is 28.6 Å². The number of piperidine rings is 1. The van der Waals surface area contributed by atoms with E-state index in [-0.39, 0.29) is 0 Å². The number of carboxylic acids is 1. The van der Waals surface area contributed by atoms with E-state index in [9.17, 15) is 9.90 Å². The Bertz CT molecular complexity index is 554. The van der Waals surface area contributed by atoms with E-state index in [2.05, 4.69) is 9.88 Å². The number of carbonyl (C=O) groups is 1. The number of nitrogens with zero attached hydrogens (tertiary/aromatic N) is 2. The molecule has 1 aliphatic carbocycles. The first-order valence-electron chi connectivity index (χ1n) is 8.06. The normalized spacial score (nSPS) is 25.5. The summed E-state index contributed by atoms with van der Waals surface area (Å²) >= 11 is 0. The van der Waals surface area contributed by atoms with E-state index >= 15 is 0 Å². The highest BCUT2D eigenvalue weighted by Gasteiger charge is 2.35. The van der Waals surface area contributed by atoms with Crippen molar-refractivity contribution in [2.75, 3.05) is 11.4 Å². The lowest BCUT2D eigenvalue weighted by atomic mass is 9.78. The standard InChI is InChI=1S/C17H24N2O2/c1-11-10-15(16(17(20)21)12(2)18-11)19-9-5-7-13-6-3-4-8-14(13)19/h10,13-14H,3-9H2,1-2H3,(H,20,21). The zero-order valence-corrected chi connectivity index (χ0v) is 12.9. The van der Waals surface area contributed by atoms with Crippen molar-refractivity contribution in [3.8, 4) is 0 Å². The Morgan fingerprint density at radius 3 is 2.71 bits per heavy atom. The van der Waals surface area contributed by atoms with Crippen molar-refractivity contribution in [2.45, 2.75) is 58.4 Å². The molecule has 114 valence electrons. The van der Waals surface area contributed by atoms with Gasteiger partial charge in [-0.3, -0.25) is 4.98 Å². The summed E-state index contributed by atoms with van der Waals surface area (Å²) in [6.45, 7) is 4.73. The first kappa shape index (κ1) is 14.4. The molecule has 1 aliphatic heterocycles. The maximum absolute atomic E-state index is 11.7. The van der Waals surface area contributed by atoms with Gasteiger partial charge in [-0.25, -0.2) is 4.79 Å². The van der Waals surface area contributed by atoms with Crippen LogP contribution in [-0.2, 0) is 0 Å². The van der Waals surface area contributed by atoms with Crippen molar-refractivity contribution < 1.29 is 9.90 Å². The predicted octanol–water partition coefficient (Wildman–Crippen LogP) is 3.56. The number of pyridine rings is 1. The zero-order valence-electron chi connectivity index (χ0n) is 12.9. The Balaban J connectivity index is 2.04. The molecule has 0 radical (unpaired) electrons. The largest absolute Gasteiger partial charge is 0.478 e. The van der Waals surface area contributed by atoms with Crippen molar-refractivity contribution >= 4 is 11.7 Å². The lowest BCUT2D eigenvalue weighted by Crippen LogP contribution is -2.47. The van der Waals surface area contributed by atoms with Crippen molar-refractivity contribution in [3.63, 3.8) is 0 Å². The van der Waals surface area contributed by atoms with Crippen molar-refractivity contribution in [2.24, 2.45) is 5.92 Å². The van der Waals surface area contributed by atoms with Crippen LogP contribution in [0, 0.1) is 19.8 Å². The fourth-order valence-corrected chi connectivity index (χ4v) is 4.22. The molecule has 2 heterocycles. The third kappa shape index (κ3) is 2.63. The molecule has 1 N–H and O–H groups in total. The summed E-state index contributed by atoms with van der Waals surface area (Å²) in [5.41, 5.74) is 2.83. The number of carboxylic acid groups (broad SMARTS) is 1. The van der Waals surface area contributed by atoms with Crippen molar-refractivity contribution in [3.05, 3.63) is 23.0 Å². The minimum absolute atomic E-state index is 0.395. The molecule has 2 unspecified atom stereocenters. The highest BCUT2D eigenvalue weighted by molar-refractivity contribution is 5.95. The first-order valence-corrected chi connectivity index (χ1v) is 8.06. The molecule has 2 aliphatic rings. The van der Waals surface area contributed by atoms with Crippen LogP contribution in [0.4, 0.5) is 5.69 Å². The van der Waals surface area contributed by atoms with Crippen molar-refractivity contribution in [1.29, 1.82) is 0 Å². The van der Waals surface area contributed by atoms with Crippen LogP contribution in [0.5, 0.6) is 0 Å². The second-order valence-corrected chi connectivity index (χ2v) is 6.50. The van der Waals surface area contributed by atoms with Gasteiger partial charge in [-0.2, -0.15) is 0 Å². The van der Waals surface area contributed by atoms with E-state index in [1.807, 2.05) is 19.9 Å². The number of rotatable bonds is 2. The van der Waals surface area contributed by atoms with Crippen LogP contribution in [0.3, 0.4) is 0 Å². The van der Waals surface area contributed by atoms with Gasteiger partial charge in [0.2, 0.25) is 0 Å². The molecule has 1 saturated heterocycles. The molecule has 1 saturated carbocycles. The molecule has 4 heteroatoms. The van der Waals surface area contributed by atoms with Gasteiger partial charge in [0.25, 0.3) is 0 Å². The minimum Gasteiger partial charge on any atom is -0.478 e. The summed E-state index contributed by atoms with van der Waals surface area (Å²) in [6, 6.07) is 2.49. The molecule has 0 aromatic carbocycles. The van der Waals surface area contributed by atoms with Crippen LogP contribution < -0.4 is 4.90 Å². The molecule has 1 aromatic heterocycles. The lowest BCUT2D eigenvalue weighted by Gasteiger charge is -2.46. The number of anilines is 1. The van der Waals surface area contributed by atoms with Crippen LogP contribution in [0.2, 0.25) is 0 Å². The molecule has 4 nitrogen and oxygen atoms in total. The van der Waals surface area contributed by atoms with Gasteiger partial charge in [-0.15, -0.1) is 0 Å². The predicted molar refractivity (Wildman–Crippen MR) is 83.0 cm³/mol. The number of hydrogen-bond donors (Lipinski definition) is 1. The lowest BCUT2D eigenvalue weighted by molar-refractivity contribution is 0.0695. The fraction of sp³-hybridized carbons (Fsp3) is 0.647. The van der Waals surface area contributed by atoms with Gasteiger partial charge in [0.1, 0.15) is 5.56 Å². The van der Waals surface area contributed by atoms with Gasteiger partial charge in [0.15, 0.2) is 0 Å². The molecule has 0 amide bonds. The monoisotopic (exact) mass is 288 g/mol. The van der Waals surface area contributed by atoms with Crippen LogP contribution in [0.25, 0.3) is 0 Å². The highest BCUT2D eigenvalue weighted by atomic mass is 16.4. The Labute approximate surface area is 126 Å². The average molecular weight is 288 g/mol. The molecule has 3 rings (SSSR count). The molecule has 2 atom stereocenters. The molecular weight excluding hydrogens is 264 g/mol. The van der Waals surface area contributed by atoms with Gasteiger partial charge >= 0.3 is 5.97 Å². The van der Waals surface area contributed by atoms with Gasteiger partial charge in [-0.1, -0.05) is 12.8 Å². The Morgan fingerprint density at radius 1 is 1.24 bits per heavy atom. The average Bonchev–Trinajstić information content (AvgIpc) is 2.45. The molecule has 0 spiro atoms. The third-order valence-electron chi connectivity index (χ3n) is 5.07. The number of aromatic carboxylic acids is 1. The summed E-state index contributed by atoms with van der Waals surface area (Å²) in [5, 5.41) is 9.60. The minimum atomic E-state index is -0.854. The van der Waals surface area contributed by atoms with E-state index in [0.29, 0.717) is 17.3 Å². The number of aromatic nitrogens is 1. The topological polar surface area (TPSA) is 53.4 Å². The smallest absolute Gasteiger partial charge is 0.339 e. The van der Waals surface area contributed by atoms with Gasteiger partial charge in [0, 0.05) is 18.3 Å². The summed E-state index contributed by atoms with van der Waals surface area (Å²) in [6.07, 6.45) is 7.56. The molecule has 2 fully saturated rings. The van der Waals surface area contributed by atoms with Crippen LogP contribution in [0.1, 0.15) is 60.3 Å². The van der Waals surface area contributed by atoms with E-state index < -0.39 is 5.97 Å². The second-order valence-electron chi connectivity index (χ2n) is 6.50. The third-order valence-corrected chi connectivity index (χ3v) is 5.07. The van der Waals surface area contributed by atoms with Crippen LogP contribution in [0.15, 0.2) is 6.07 Å². The summed E-state index contributed by atoms with van der Waals surface area (Å²) in [7, 11) is 0. The van der Waals surface area contributed by atoms with Gasteiger partial charge < -0.3 is 10.0 Å². The zero-order chi connectivity index (χ0) is 15.0. The van der Waals surface area contributed by atoms with Crippen molar-refractivity contribution in [1.82, 2.24) is 4.98 Å². The SMILES string of the molecule is Cc1cc(N2CCCC3CCCCC32)c(C(=O)O)c(C)n1. The van der Waals surface area contributed by atoms with E-state index in [4.69, 9.17) is 0 Å². The molecule has 0 bridgehead atoms. The van der Waals surface area contributed by atoms with Gasteiger partial charge in [0.05, 0.1) is 11.4 Å². The van der Waals surface area contributed by atoms with E-state index in [1.54, 1.807) is 0 Å². The second kappa shape index (κ2) is 5.66. The Hall–Kier alpha value is -1.58. The number of hydrogen-bond acceptors (Lipinski definition) is 3. The number of fused-ring (bicyclic) bond motifs is 1. The molecule has 1 aromatic rings. The maximum Gasteiger partial charge on any atom is 0.339 e. The Morgan fingerprint density at radius 2 is 1.95 bits per heavy atom. The molecular formula is C17H24N2O2. The van der Waals surface area contributed by atoms with Crippen LogP contribution >= 0.6 is 0 Å². The number of aryl methyl sites for hydroxylation is 2. The van der Waals surface area contributed by atoms with E-state index in [0.717, 1.165) is 23.8 Å². The molecule has 21 heavy (non-hydrogen) atoms. The first-order chi connectivity index (χ1) is 10.1. The maximum atomic E-state index is 11.7. The fourth-order valence-electron chi connectivity index (χ4n) is 4.22.